The number of hydrogen-bond acceptors (Lipinski definition) is 5. The summed E-state index contributed by atoms with van der Waals surface area (Å²) in [7, 11) is 2.92. The summed E-state index contributed by atoms with van der Waals surface area (Å²) >= 11 is 0. The molecule has 0 aliphatic rings. The summed E-state index contributed by atoms with van der Waals surface area (Å²) in [5.41, 5.74) is 1.70. The molecule has 0 spiro atoms. The predicted molar refractivity (Wildman–Crippen MR) is 71.5 cm³/mol. The highest BCUT2D eigenvalue weighted by atomic mass is 16.5. The molecule has 1 rings (SSSR count). The number of esters is 2. The number of carbonyl (C=O) groups excluding carboxylic acids is 2. The molecule has 1 aromatic carbocycles. The van der Waals surface area contributed by atoms with Gasteiger partial charge in [0.1, 0.15) is 0 Å². The minimum absolute atomic E-state index is 0.0783. The smallest absolute Gasteiger partial charge is 0.337 e. The molecule has 0 atom stereocenters. The van der Waals surface area contributed by atoms with Crippen LogP contribution in [0.1, 0.15) is 29.3 Å². The Morgan fingerprint density at radius 2 is 1.95 bits per heavy atom. The Bertz CT molecular complexity index is 494. The zero-order valence-electron chi connectivity index (χ0n) is 11.3. The number of benzene rings is 1. The van der Waals surface area contributed by atoms with E-state index in [2.05, 4.69) is 9.73 Å². The average Bonchev–Trinajstić information content (AvgIpc) is 2.44. The fourth-order valence-electron chi connectivity index (χ4n) is 1.60. The summed E-state index contributed by atoms with van der Waals surface area (Å²) in [6.45, 7) is 2.08. The topological polar surface area (TPSA) is 65.0 Å². The lowest BCUT2D eigenvalue weighted by molar-refractivity contribution is -0.141. The van der Waals surface area contributed by atoms with Gasteiger partial charge in [-0.25, -0.2) is 4.79 Å². The van der Waals surface area contributed by atoms with Crippen molar-refractivity contribution in [3.05, 3.63) is 35.4 Å². The zero-order valence-corrected chi connectivity index (χ0v) is 11.3. The van der Waals surface area contributed by atoms with Crippen molar-refractivity contribution in [3.8, 4) is 0 Å². The summed E-state index contributed by atoms with van der Waals surface area (Å²) in [6, 6.07) is 6.80. The second kappa shape index (κ2) is 7.31. The second-order valence-electron chi connectivity index (χ2n) is 3.72. The van der Waals surface area contributed by atoms with E-state index in [-0.39, 0.29) is 12.4 Å². The van der Waals surface area contributed by atoms with E-state index in [0.29, 0.717) is 23.4 Å². The lowest BCUT2D eigenvalue weighted by Gasteiger charge is -2.07. The van der Waals surface area contributed by atoms with Gasteiger partial charge in [-0.1, -0.05) is 12.1 Å². The number of hydrogen-bond donors (Lipinski definition) is 0. The van der Waals surface area contributed by atoms with Crippen molar-refractivity contribution in [2.75, 3.05) is 20.8 Å². The normalized spacial score (nSPS) is 11.0. The largest absolute Gasteiger partial charge is 0.466 e. The van der Waals surface area contributed by atoms with Gasteiger partial charge in [0, 0.05) is 7.05 Å². The molecule has 0 aliphatic heterocycles. The molecule has 102 valence electrons. The molecule has 0 aromatic heterocycles. The van der Waals surface area contributed by atoms with Crippen LogP contribution in [0.5, 0.6) is 0 Å². The van der Waals surface area contributed by atoms with Crippen LogP contribution < -0.4 is 0 Å². The van der Waals surface area contributed by atoms with Gasteiger partial charge in [0.25, 0.3) is 0 Å². The van der Waals surface area contributed by atoms with Crippen molar-refractivity contribution >= 4 is 17.7 Å². The monoisotopic (exact) mass is 263 g/mol. The third kappa shape index (κ3) is 4.21. The maximum Gasteiger partial charge on any atom is 0.337 e. The van der Waals surface area contributed by atoms with Crippen molar-refractivity contribution < 1.29 is 19.1 Å². The van der Waals surface area contributed by atoms with Crippen molar-refractivity contribution in [3.63, 3.8) is 0 Å². The summed E-state index contributed by atoms with van der Waals surface area (Å²) in [4.78, 5) is 27.0. The van der Waals surface area contributed by atoms with Crippen molar-refractivity contribution in [1.82, 2.24) is 0 Å². The fraction of sp³-hybridized carbons (Fsp3) is 0.357. The first-order valence-corrected chi connectivity index (χ1v) is 5.92. The van der Waals surface area contributed by atoms with Crippen molar-refractivity contribution in [2.45, 2.75) is 13.3 Å². The molecule has 5 heteroatoms. The molecule has 0 amide bonds. The maximum absolute atomic E-state index is 11.5. The summed E-state index contributed by atoms with van der Waals surface area (Å²) in [5.74, 6) is -0.764. The number of aliphatic imine (C=N–C) groups is 1. The summed E-state index contributed by atoms with van der Waals surface area (Å²) < 4.78 is 9.54. The standard InChI is InChI=1S/C14H17NO4/c1-4-19-13(16)9-12(15-2)10-6-5-7-11(8-10)14(17)18-3/h5-8H,4,9H2,1-3H3. The van der Waals surface area contributed by atoms with Gasteiger partial charge in [-0.3, -0.25) is 9.79 Å². The van der Waals surface area contributed by atoms with Crippen LogP contribution in [0.4, 0.5) is 0 Å². The van der Waals surface area contributed by atoms with Crippen LogP contribution in [0.25, 0.3) is 0 Å². The van der Waals surface area contributed by atoms with E-state index in [4.69, 9.17) is 4.74 Å². The van der Waals surface area contributed by atoms with Gasteiger partial charge >= 0.3 is 11.9 Å². The molecule has 0 saturated heterocycles. The first kappa shape index (κ1) is 14.9. The van der Waals surface area contributed by atoms with E-state index >= 15 is 0 Å². The molecule has 0 N–H and O–H groups in total. The van der Waals surface area contributed by atoms with Crippen LogP contribution in [0.15, 0.2) is 29.3 Å². The number of methoxy groups -OCH3 is 1. The zero-order chi connectivity index (χ0) is 14.3. The Labute approximate surface area is 112 Å². The Morgan fingerprint density at radius 3 is 2.53 bits per heavy atom. The van der Waals surface area contributed by atoms with Gasteiger partial charge in [-0.2, -0.15) is 0 Å². The van der Waals surface area contributed by atoms with Gasteiger partial charge in [-0.15, -0.1) is 0 Å². The first-order valence-electron chi connectivity index (χ1n) is 5.92. The van der Waals surface area contributed by atoms with Gasteiger partial charge in [0.05, 0.1) is 31.4 Å². The first-order chi connectivity index (χ1) is 9.12. The Morgan fingerprint density at radius 1 is 1.26 bits per heavy atom. The molecule has 5 nitrogen and oxygen atoms in total. The predicted octanol–water partition coefficient (Wildman–Crippen LogP) is 1.85. The van der Waals surface area contributed by atoms with E-state index in [1.54, 1.807) is 38.2 Å². The van der Waals surface area contributed by atoms with E-state index in [1.807, 2.05) is 0 Å². The summed E-state index contributed by atoms with van der Waals surface area (Å²) in [5, 5.41) is 0. The molecular weight excluding hydrogens is 246 g/mol. The second-order valence-corrected chi connectivity index (χ2v) is 3.72. The molecular formula is C14H17NO4. The number of nitrogens with zero attached hydrogens (tertiary/aromatic N) is 1. The number of carbonyl (C=O) groups is 2. The Balaban J connectivity index is 2.94. The van der Waals surface area contributed by atoms with E-state index in [0.717, 1.165) is 0 Å². The highest BCUT2D eigenvalue weighted by molar-refractivity contribution is 6.10. The quantitative estimate of drug-likeness (QED) is 0.600. The molecule has 0 radical (unpaired) electrons. The molecule has 0 bridgehead atoms. The van der Waals surface area contributed by atoms with Crippen molar-refractivity contribution in [2.24, 2.45) is 4.99 Å². The summed E-state index contributed by atoms with van der Waals surface area (Å²) in [6.07, 6.45) is 0.0783. The van der Waals surface area contributed by atoms with Crippen LogP contribution in [0, 0.1) is 0 Å². The molecule has 0 saturated carbocycles. The SMILES string of the molecule is CCOC(=O)CC(=NC)c1cccc(C(=O)OC)c1. The van der Waals surface area contributed by atoms with Crippen LogP contribution in [0.3, 0.4) is 0 Å². The number of rotatable bonds is 5. The third-order valence-corrected chi connectivity index (χ3v) is 2.50. The molecule has 1 aromatic rings. The minimum atomic E-state index is -0.423. The van der Waals surface area contributed by atoms with Crippen LogP contribution in [0.2, 0.25) is 0 Å². The maximum atomic E-state index is 11.5. The number of ether oxygens (including phenoxy) is 2. The average molecular weight is 263 g/mol. The van der Waals surface area contributed by atoms with E-state index in [1.165, 1.54) is 7.11 Å². The van der Waals surface area contributed by atoms with Crippen molar-refractivity contribution in [1.29, 1.82) is 0 Å². The molecule has 0 aliphatic carbocycles. The van der Waals surface area contributed by atoms with Crippen LogP contribution in [-0.4, -0.2) is 38.4 Å². The van der Waals surface area contributed by atoms with Crippen LogP contribution >= 0.6 is 0 Å². The minimum Gasteiger partial charge on any atom is -0.466 e. The highest BCUT2D eigenvalue weighted by Crippen LogP contribution is 2.10. The Kier molecular flexibility index (Phi) is 5.73. The lowest BCUT2D eigenvalue weighted by Crippen LogP contribution is -2.13. The van der Waals surface area contributed by atoms with Gasteiger partial charge in [0.2, 0.25) is 0 Å². The van der Waals surface area contributed by atoms with Crippen LogP contribution in [-0.2, 0) is 14.3 Å². The third-order valence-electron chi connectivity index (χ3n) is 2.50. The molecule has 0 unspecified atom stereocenters. The van der Waals surface area contributed by atoms with Gasteiger partial charge < -0.3 is 9.47 Å². The Hall–Kier alpha value is -2.17. The van der Waals surface area contributed by atoms with E-state index < -0.39 is 5.97 Å². The fourth-order valence-corrected chi connectivity index (χ4v) is 1.60. The molecule has 19 heavy (non-hydrogen) atoms. The molecule has 0 fully saturated rings. The highest BCUT2D eigenvalue weighted by Gasteiger charge is 2.12. The molecule has 0 heterocycles. The van der Waals surface area contributed by atoms with Gasteiger partial charge in [0.15, 0.2) is 0 Å². The van der Waals surface area contributed by atoms with E-state index in [9.17, 15) is 9.59 Å². The lowest BCUT2D eigenvalue weighted by atomic mass is 10.0. The van der Waals surface area contributed by atoms with Gasteiger partial charge in [-0.05, 0) is 24.6 Å².